The fourth-order valence-corrected chi connectivity index (χ4v) is 3.80. The maximum Gasteiger partial charge on any atom is 0.167 e. The summed E-state index contributed by atoms with van der Waals surface area (Å²) in [5.41, 5.74) is 2.04. The van der Waals surface area contributed by atoms with Crippen molar-refractivity contribution in [3.8, 4) is 17.6 Å². The van der Waals surface area contributed by atoms with Crippen molar-refractivity contribution in [3.63, 3.8) is 0 Å². The van der Waals surface area contributed by atoms with Crippen LogP contribution < -0.4 is 4.74 Å². The minimum Gasteiger partial charge on any atom is -0.488 e. The molecule has 0 radical (unpaired) electrons. The lowest BCUT2D eigenvalue weighted by atomic mass is 9.85. The van der Waals surface area contributed by atoms with Crippen molar-refractivity contribution in [1.29, 1.82) is 0 Å². The summed E-state index contributed by atoms with van der Waals surface area (Å²) in [6, 6.07) is 16.1. The molecule has 1 aliphatic rings. The van der Waals surface area contributed by atoms with Crippen LogP contribution >= 0.6 is 15.9 Å². The molecule has 2 aromatic rings. The summed E-state index contributed by atoms with van der Waals surface area (Å²) < 4.78 is 18.1. The van der Waals surface area contributed by atoms with E-state index >= 15 is 0 Å². The van der Waals surface area contributed by atoms with Gasteiger partial charge in [-0.25, -0.2) is 0 Å². The Morgan fingerprint density at radius 3 is 2.37 bits per heavy atom. The second-order valence-electron chi connectivity index (χ2n) is 6.75. The largest absolute Gasteiger partial charge is 0.488 e. The standard InChI is InChI=1S/C23H25BrO3/c1-25-23(26-2)15-13-18(14-16-23)11-12-20-21(24)9-6-10-22(20)27-17-19-7-4-3-5-8-19/h3-10,18H,13-17H2,1-2H3. The molecule has 0 atom stereocenters. The predicted molar refractivity (Wildman–Crippen MR) is 111 cm³/mol. The van der Waals surface area contributed by atoms with Crippen LogP contribution in [0.4, 0.5) is 0 Å². The quantitative estimate of drug-likeness (QED) is 0.460. The van der Waals surface area contributed by atoms with Crippen molar-refractivity contribution < 1.29 is 14.2 Å². The molecule has 3 nitrogen and oxygen atoms in total. The molecule has 0 aliphatic heterocycles. The number of benzene rings is 2. The number of rotatable bonds is 5. The van der Waals surface area contributed by atoms with Gasteiger partial charge < -0.3 is 14.2 Å². The van der Waals surface area contributed by atoms with Gasteiger partial charge in [0, 0.05) is 37.5 Å². The van der Waals surface area contributed by atoms with Crippen LogP contribution in [0.2, 0.25) is 0 Å². The maximum absolute atomic E-state index is 6.04. The summed E-state index contributed by atoms with van der Waals surface area (Å²) in [5, 5.41) is 0. The Kier molecular flexibility index (Phi) is 6.95. The Morgan fingerprint density at radius 1 is 1.00 bits per heavy atom. The van der Waals surface area contributed by atoms with E-state index in [2.05, 4.69) is 39.9 Å². The highest BCUT2D eigenvalue weighted by atomic mass is 79.9. The zero-order valence-corrected chi connectivity index (χ0v) is 17.4. The Labute approximate surface area is 170 Å². The normalized spacial score (nSPS) is 16.4. The second-order valence-corrected chi connectivity index (χ2v) is 7.60. The summed E-state index contributed by atoms with van der Waals surface area (Å²) in [6.45, 7) is 0.527. The molecule has 1 aliphatic carbocycles. The van der Waals surface area contributed by atoms with Gasteiger partial charge in [-0.1, -0.05) is 48.2 Å². The van der Waals surface area contributed by atoms with Crippen molar-refractivity contribution >= 4 is 15.9 Å². The molecule has 142 valence electrons. The van der Waals surface area contributed by atoms with Crippen LogP contribution in [0.3, 0.4) is 0 Å². The first-order valence-corrected chi connectivity index (χ1v) is 10.0. The topological polar surface area (TPSA) is 27.7 Å². The van der Waals surface area contributed by atoms with E-state index < -0.39 is 5.79 Å². The SMILES string of the molecule is COC1(OC)CCC(C#Cc2c(Br)cccc2OCc2ccccc2)CC1. The highest BCUT2D eigenvalue weighted by molar-refractivity contribution is 9.10. The average molecular weight is 429 g/mol. The molecule has 0 spiro atoms. The van der Waals surface area contributed by atoms with E-state index in [1.54, 1.807) is 14.2 Å². The first kappa shape index (κ1) is 19.9. The minimum atomic E-state index is -0.435. The van der Waals surface area contributed by atoms with Gasteiger partial charge in [0.05, 0.1) is 5.56 Å². The van der Waals surface area contributed by atoms with Crippen LogP contribution in [0.15, 0.2) is 53.0 Å². The van der Waals surface area contributed by atoms with E-state index in [1.807, 2.05) is 36.4 Å². The highest BCUT2D eigenvalue weighted by Gasteiger charge is 2.34. The van der Waals surface area contributed by atoms with Gasteiger partial charge >= 0.3 is 0 Å². The number of halogens is 1. The van der Waals surface area contributed by atoms with Crippen molar-refractivity contribution in [3.05, 3.63) is 64.1 Å². The Bertz CT molecular complexity index is 793. The third kappa shape index (κ3) is 5.13. The van der Waals surface area contributed by atoms with E-state index in [4.69, 9.17) is 14.2 Å². The molecule has 0 N–H and O–H groups in total. The summed E-state index contributed by atoms with van der Waals surface area (Å²) in [6.07, 6.45) is 3.68. The van der Waals surface area contributed by atoms with E-state index in [1.165, 1.54) is 0 Å². The lowest BCUT2D eigenvalue weighted by Gasteiger charge is -2.36. The van der Waals surface area contributed by atoms with Gasteiger partial charge in [0.15, 0.2) is 5.79 Å². The fourth-order valence-electron chi connectivity index (χ4n) is 3.35. The zero-order valence-electron chi connectivity index (χ0n) is 15.8. The monoisotopic (exact) mass is 428 g/mol. The molecular weight excluding hydrogens is 404 g/mol. The van der Waals surface area contributed by atoms with Gasteiger partial charge in [-0.2, -0.15) is 0 Å². The van der Waals surface area contributed by atoms with Crippen LogP contribution in [0.5, 0.6) is 5.75 Å². The predicted octanol–water partition coefficient (Wildman–Crippen LogP) is 5.56. The molecule has 1 fully saturated rings. The molecule has 0 bridgehead atoms. The van der Waals surface area contributed by atoms with Crippen molar-refractivity contribution in [1.82, 2.24) is 0 Å². The van der Waals surface area contributed by atoms with Crippen LogP contribution in [-0.4, -0.2) is 20.0 Å². The summed E-state index contributed by atoms with van der Waals surface area (Å²) in [4.78, 5) is 0. The average Bonchev–Trinajstić information content (AvgIpc) is 2.73. The van der Waals surface area contributed by atoms with Gasteiger partial charge in [-0.3, -0.25) is 0 Å². The van der Waals surface area contributed by atoms with Crippen LogP contribution in [0, 0.1) is 17.8 Å². The Balaban J connectivity index is 1.70. The number of methoxy groups -OCH3 is 2. The van der Waals surface area contributed by atoms with Crippen molar-refractivity contribution in [2.45, 2.75) is 38.1 Å². The molecule has 0 aromatic heterocycles. The summed E-state index contributed by atoms with van der Waals surface area (Å²) >= 11 is 3.62. The van der Waals surface area contributed by atoms with E-state index in [0.29, 0.717) is 12.5 Å². The molecule has 0 saturated heterocycles. The van der Waals surface area contributed by atoms with Gasteiger partial charge in [0.2, 0.25) is 0 Å². The Hall–Kier alpha value is -1.80. The van der Waals surface area contributed by atoms with Crippen molar-refractivity contribution in [2.75, 3.05) is 14.2 Å². The molecular formula is C23H25BrO3. The number of hydrogen-bond acceptors (Lipinski definition) is 3. The van der Waals surface area contributed by atoms with Crippen LogP contribution in [-0.2, 0) is 16.1 Å². The van der Waals surface area contributed by atoms with Gasteiger partial charge in [0.25, 0.3) is 0 Å². The lowest BCUT2D eigenvalue weighted by molar-refractivity contribution is -0.225. The molecule has 27 heavy (non-hydrogen) atoms. The van der Waals surface area contributed by atoms with Gasteiger partial charge in [0.1, 0.15) is 12.4 Å². The van der Waals surface area contributed by atoms with Crippen molar-refractivity contribution in [2.24, 2.45) is 5.92 Å². The molecule has 0 amide bonds. The molecule has 2 aromatic carbocycles. The second kappa shape index (κ2) is 9.41. The number of ether oxygens (including phenoxy) is 3. The van der Waals surface area contributed by atoms with Crippen LogP contribution in [0.1, 0.15) is 36.8 Å². The first-order valence-electron chi connectivity index (χ1n) is 9.23. The third-order valence-corrected chi connectivity index (χ3v) is 5.77. The molecule has 3 rings (SSSR count). The van der Waals surface area contributed by atoms with Crippen LogP contribution in [0.25, 0.3) is 0 Å². The molecule has 0 unspecified atom stereocenters. The zero-order chi connectivity index (χ0) is 19.1. The fraction of sp³-hybridized carbons (Fsp3) is 0.391. The third-order valence-electron chi connectivity index (χ3n) is 5.11. The van der Waals surface area contributed by atoms with E-state index in [9.17, 15) is 0 Å². The van der Waals surface area contributed by atoms with E-state index in [0.717, 1.165) is 47.0 Å². The summed E-state index contributed by atoms with van der Waals surface area (Å²) in [5.74, 6) is 7.49. The minimum absolute atomic E-state index is 0.345. The number of hydrogen-bond donors (Lipinski definition) is 0. The maximum atomic E-state index is 6.04. The smallest absolute Gasteiger partial charge is 0.167 e. The first-order chi connectivity index (χ1) is 13.2. The van der Waals surface area contributed by atoms with Gasteiger partial charge in [-0.15, -0.1) is 0 Å². The highest BCUT2D eigenvalue weighted by Crippen LogP contribution is 2.35. The summed E-state index contributed by atoms with van der Waals surface area (Å²) in [7, 11) is 3.43. The van der Waals surface area contributed by atoms with E-state index in [-0.39, 0.29) is 0 Å². The van der Waals surface area contributed by atoms with Gasteiger partial charge in [-0.05, 0) is 46.5 Å². The molecule has 4 heteroatoms. The molecule has 0 heterocycles. The molecule has 1 saturated carbocycles. The Morgan fingerprint density at radius 2 is 1.70 bits per heavy atom. The lowest BCUT2D eigenvalue weighted by Crippen LogP contribution is -2.37.